The first kappa shape index (κ1) is 24.6. The molecule has 0 spiro atoms. The number of anilines is 8. The second kappa shape index (κ2) is 11.4. The summed E-state index contributed by atoms with van der Waals surface area (Å²) in [5.41, 5.74) is 10.4. The van der Waals surface area contributed by atoms with Crippen LogP contribution in [0.2, 0.25) is 0 Å². The third-order valence-electron chi connectivity index (χ3n) is 6.74. The lowest BCUT2D eigenvalue weighted by Crippen LogP contribution is -2.47. The van der Waals surface area contributed by atoms with Crippen LogP contribution in [-0.2, 0) is 4.74 Å². The number of rotatable bonds is 7. The Morgan fingerprint density at radius 1 is 0.615 bits per heavy atom. The van der Waals surface area contributed by atoms with Crippen LogP contribution >= 0.6 is 0 Å². The predicted octanol–water partition coefficient (Wildman–Crippen LogP) is 2.89. The van der Waals surface area contributed by atoms with Gasteiger partial charge in [-0.1, -0.05) is 0 Å². The Morgan fingerprint density at radius 3 is 1.92 bits per heavy atom. The van der Waals surface area contributed by atoms with Gasteiger partial charge in [-0.3, -0.25) is 0 Å². The molecule has 2 saturated heterocycles. The number of hydrogen-bond acceptors (Lipinski definition) is 12. The zero-order valence-corrected chi connectivity index (χ0v) is 21.6. The highest BCUT2D eigenvalue weighted by Gasteiger charge is 2.21. The summed E-state index contributed by atoms with van der Waals surface area (Å²) in [6, 6.07) is 15.9. The Morgan fingerprint density at radius 2 is 1.23 bits per heavy atom. The largest absolute Gasteiger partial charge is 0.399 e. The van der Waals surface area contributed by atoms with Crippen molar-refractivity contribution in [2.24, 2.45) is 0 Å². The van der Waals surface area contributed by atoms with E-state index < -0.39 is 0 Å². The molecule has 4 aromatic rings. The van der Waals surface area contributed by atoms with Crippen LogP contribution in [0.3, 0.4) is 0 Å². The molecule has 2 aliphatic heterocycles. The highest BCUT2D eigenvalue weighted by molar-refractivity contribution is 5.61. The Labute approximate surface area is 226 Å². The molecule has 12 heteroatoms. The molecule has 2 aliphatic rings. The zero-order chi connectivity index (χ0) is 26.4. The van der Waals surface area contributed by atoms with Gasteiger partial charge in [0.2, 0.25) is 17.8 Å². The van der Waals surface area contributed by atoms with Crippen molar-refractivity contribution in [1.29, 1.82) is 0 Å². The molecule has 2 aromatic heterocycles. The summed E-state index contributed by atoms with van der Waals surface area (Å²) in [5.74, 6) is 1.88. The minimum Gasteiger partial charge on any atom is -0.399 e. The fourth-order valence-electron chi connectivity index (χ4n) is 4.60. The fourth-order valence-corrected chi connectivity index (χ4v) is 4.60. The number of piperazine rings is 1. The fraction of sp³-hybridized carbons (Fsp3) is 0.296. The molecule has 2 aromatic carbocycles. The number of ether oxygens (including phenoxy) is 1. The zero-order valence-electron chi connectivity index (χ0n) is 21.6. The Balaban J connectivity index is 1.03. The molecule has 200 valence electrons. The van der Waals surface area contributed by atoms with E-state index in [2.05, 4.69) is 62.4 Å². The van der Waals surface area contributed by atoms with Crippen molar-refractivity contribution in [1.82, 2.24) is 24.9 Å². The van der Waals surface area contributed by atoms with Gasteiger partial charge in [-0.15, -0.1) is 0 Å². The summed E-state index contributed by atoms with van der Waals surface area (Å²) in [4.78, 5) is 29.2. The summed E-state index contributed by atoms with van der Waals surface area (Å²) >= 11 is 0. The van der Waals surface area contributed by atoms with Gasteiger partial charge in [-0.25, -0.2) is 19.9 Å². The van der Waals surface area contributed by atoms with Gasteiger partial charge in [0.15, 0.2) is 0 Å². The lowest BCUT2D eigenvalue weighted by Gasteiger charge is -2.34. The monoisotopic (exact) mass is 525 g/mol. The topological polar surface area (TPSA) is 133 Å². The third-order valence-corrected chi connectivity index (χ3v) is 6.74. The van der Waals surface area contributed by atoms with Crippen LogP contribution in [0.1, 0.15) is 0 Å². The molecule has 4 N–H and O–H groups in total. The Bertz CT molecular complexity index is 1350. The highest BCUT2D eigenvalue weighted by Crippen LogP contribution is 2.22. The summed E-state index contributed by atoms with van der Waals surface area (Å²) < 4.78 is 5.44. The van der Waals surface area contributed by atoms with E-state index in [4.69, 9.17) is 10.5 Å². The molecule has 6 rings (SSSR count). The van der Waals surface area contributed by atoms with E-state index in [9.17, 15) is 0 Å². The molecule has 39 heavy (non-hydrogen) atoms. The first-order valence-corrected chi connectivity index (χ1v) is 13.0. The van der Waals surface area contributed by atoms with Crippen molar-refractivity contribution in [2.45, 2.75) is 0 Å². The minimum absolute atomic E-state index is 0.522. The molecule has 12 nitrogen and oxygen atoms in total. The molecule has 2 fully saturated rings. The average Bonchev–Trinajstić information content (AvgIpc) is 3.00. The molecule has 0 atom stereocenters. The predicted molar refractivity (Wildman–Crippen MR) is 153 cm³/mol. The second-order valence-electron chi connectivity index (χ2n) is 9.37. The van der Waals surface area contributed by atoms with Crippen molar-refractivity contribution in [3.63, 3.8) is 0 Å². The Kier molecular flexibility index (Phi) is 7.17. The van der Waals surface area contributed by atoms with Gasteiger partial charge in [-0.05, 0) is 48.5 Å². The molecule has 0 saturated carbocycles. The van der Waals surface area contributed by atoms with E-state index >= 15 is 0 Å². The van der Waals surface area contributed by atoms with E-state index in [1.54, 1.807) is 18.7 Å². The number of aromatic nitrogens is 5. The van der Waals surface area contributed by atoms with Gasteiger partial charge in [0.25, 0.3) is 0 Å². The van der Waals surface area contributed by atoms with Crippen molar-refractivity contribution < 1.29 is 4.74 Å². The standard InChI is InChI=1S/C27H31N11O/c28-20-1-3-21(4-2-20)33-23-17-29-26(30-18-23)37-9-11-38(12-10-37)27-32-19-31-25(35-27)34-22-5-7-24(8-6-22)36-13-15-39-16-14-36/h1-8,17-19,33H,9-16,28H2,(H,31,32,34,35). The van der Waals surface area contributed by atoms with Gasteiger partial charge in [0.1, 0.15) is 6.33 Å². The van der Waals surface area contributed by atoms with Crippen molar-refractivity contribution in [3.8, 4) is 0 Å². The quantitative estimate of drug-likeness (QED) is 0.306. The lowest BCUT2D eigenvalue weighted by atomic mass is 10.2. The lowest BCUT2D eigenvalue weighted by molar-refractivity contribution is 0.122. The highest BCUT2D eigenvalue weighted by atomic mass is 16.5. The van der Waals surface area contributed by atoms with Gasteiger partial charge < -0.3 is 35.8 Å². The third kappa shape index (κ3) is 6.07. The number of morpholine rings is 1. The van der Waals surface area contributed by atoms with Crippen LogP contribution < -0.4 is 31.1 Å². The maximum Gasteiger partial charge on any atom is 0.231 e. The van der Waals surface area contributed by atoms with E-state index in [1.807, 2.05) is 36.4 Å². The molecular weight excluding hydrogens is 494 g/mol. The van der Waals surface area contributed by atoms with Crippen molar-refractivity contribution in [3.05, 3.63) is 67.3 Å². The van der Waals surface area contributed by atoms with Crippen LogP contribution in [0.25, 0.3) is 0 Å². The van der Waals surface area contributed by atoms with Crippen LogP contribution in [-0.4, -0.2) is 77.4 Å². The molecule has 0 bridgehead atoms. The number of nitrogens with zero attached hydrogens (tertiary/aromatic N) is 8. The van der Waals surface area contributed by atoms with Gasteiger partial charge in [-0.2, -0.15) is 4.98 Å². The number of hydrogen-bond donors (Lipinski definition) is 3. The SMILES string of the molecule is Nc1ccc(Nc2cnc(N3CCN(c4ncnc(Nc5ccc(N6CCOCC6)cc5)n4)CC3)nc2)cc1. The number of nitrogen functional groups attached to an aromatic ring is 1. The van der Waals surface area contributed by atoms with Crippen molar-refractivity contribution in [2.75, 3.05) is 83.5 Å². The molecule has 0 unspecified atom stereocenters. The molecular formula is C27H31N11O. The van der Waals surface area contributed by atoms with E-state index in [1.165, 1.54) is 5.69 Å². The second-order valence-corrected chi connectivity index (χ2v) is 9.37. The first-order chi connectivity index (χ1) is 19.2. The van der Waals surface area contributed by atoms with Crippen LogP contribution in [0.4, 0.5) is 46.3 Å². The molecule has 0 aliphatic carbocycles. The number of benzene rings is 2. The summed E-state index contributed by atoms with van der Waals surface area (Å²) in [6.45, 7) is 6.41. The maximum atomic E-state index is 5.75. The van der Waals surface area contributed by atoms with Gasteiger partial charge in [0, 0.05) is 62.0 Å². The number of nitrogens with one attached hydrogen (secondary N) is 2. The summed E-state index contributed by atoms with van der Waals surface area (Å²) in [5, 5.41) is 6.59. The minimum atomic E-state index is 0.522. The molecule has 0 amide bonds. The van der Waals surface area contributed by atoms with Crippen molar-refractivity contribution >= 4 is 46.3 Å². The summed E-state index contributed by atoms with van der Waals surface area (Å²) in [6.07, 6.45) is 5.14. The first-order valence-electron chi connectivity index (χ1n) is 13.0. The molecule has 0 radical (unpaired) electrons. The number of nitrogens with two attached hydrogens (primary N) is 1. The van der Waals surface area contributed by atoms with Gasteiger partial charge >= 0.3 is 0 Å². The Hall–Kier alpha value is -4.71. The van der Waals surface area contributed by atoms with Gasteiger partial charge in [0.05, 0.1) is 31.3 Å². The summed E-state index contributed by atoms with van der Waals surface area (Å²) in [7, 11) is 0. The maximum absolute atomic E-state index is 5.75. The van der Waals surface area contributed by atoms with E-state index in [0.717, 1.165) is 75.2 Å². The van der Waals surface area contributed by atoms with E-state index in [0.29, 0.717) is 17.8 Å². The smallest absolute Gasteiger partial charge is 0.231 e. The van der Waals surface area contributed by atoms with Crippen LogP contribution in [0.15, 0.2) is 67.3 Å². The molecule has 4 heterocycles. The van der Waals surface area contributed by atoms with Crippen LogP contribution in [0.5, 0.6) is 0 Å². The van der Waals surface area contributed by atoms with E-state index in [-0.39, 0.29) is 0 Å². The normalized spacial score (nSPS) is 15.7. The average molecular weight is 526 g/mol. The van der Waals surface area contributed by atoms with Crippen LogP contribution in [0, 0.1) is 0 Å².